The highest BCUT2D eigenvalue weighted by atomic mass is 16.3. The summed E-state index contributed by atoms with van der Waals surface area (Å²) in [6.45, 7) is 4.40. The second kappa shape index (κ2) is 11.7. The first kappa shape index (κ1) is 18.1. The van der Waals surface area contributed by atoms with Crippen molar-refractivity contribution in [1.29, 1.82) is 0 Å². The van der Waals surface area contributed by atoms with E-state index in [1.54, 1.807) is 6.07 Å². The minimum atomic E-state index is 0.474. The van der Waals surface area contributed by atoms with E-state index < -0.39 is 0 Å². The van der Waals surface area contributed by atoms with Gasteiger partial charge in [-0.3, -0.25) is 0 Å². The second-order valence-corrected chi connectivity index (χ2v) is 6.20. The number of hydrogen-bond donors (Lipinski definition) is 1. The molecule has 0 fully saturated rings. The van der Waals surface area contributed by atoms with Crippen LogP contribution in [0.25, 0.3) is 0 Å². The molecule has 0 amide bonds. The average molecular weight is 290 g/mol. The lowest BCUT2D eigenvalue weighted by molar-refractivity contribution is 0.467. The third-order valence-electron chi connectivity index (χ3n) is 4.40. The van der Waals surface area contributed by atoms with Crippen LogP contribution in [0.15, 0.2) is 18.2 Å². The third kappa shape index (κ3) is 7.55. The normalized spacial score (nSPS) is 11.0. The summed E-state index contributed by atoms with van der Waals surface area (Å²) in [5.41, 5.74) is 2.49. The Morgan fingerprint density at radius 1 is 0.762 bits per heavy atom. The molecule has 0 saturated heterocycles. The van der Waals surface area contributed by atoms with Gasteiger partial charge in [-0.05, 0) is 36.5 Å². The van der Waals surface area contributed by atoms with Gasteiger partial charge in [-0.1, -0.05) is 83.8 Å². The molecule has 1 N–H and O–H groups in total. The summed E-state index contributed by atoms with van der Waals surface area (Å²) in [4.78, 5) is 0. The Hall–Kier alpha value is -0.980. The van der Waals surface area contributed by atoms with Crippen molar-refractivity contribution in [2.24, 2.45) is 0 Å². The SMILES string of the molecule is CCCCCCCCCCCCc1cccc(O)c1CC. The number of rotatable bonds is 12. The van der Waals surface area contributed by atoms with Crippen LogP contribution >= 0.6 is 0 Å². The summed E-state index contributed by atoms with van der Waals surface area (Å²) in [6.07, 6.45) is 15.8. The number of aromatic hydroxyl groups is 1. The Morgan fingerprint density at radius 3 is 1.90 bits per heavy atom. The van der Waals surface area contributed by atoms with E-state index >= 15 is 0 Å². The molecule has 1 aromatic rings. The van der Waals surface area contributed by atoms with E-state index in [2.05, 4.69) is 19.9 Å². The molecule has 0 aromatic heterocycles. The van der Waals surface area contributed by atoms with Gasteiger partial charge in [0.05, 0.1) is 0 Å². The highest BCUT2D eigenvalue weighted by Crippen LogP contribution is 2.23. The molecule has 0 unspecified atom stereocenters. The zero-order valence-electron chi connectivity index (χ0n) is 14.2. The standard InChI is InChI=1S/C20H34O/c1-3-5-6-7-8-9-10-11-12-13-15-18-16-14-17-20(21)19(18)4-2/h14,16-17,21H,3-13,15H2,1-2H3. The van der Waals surface area contributed by atoms with E-state index in [0.29, 0.717) is 5.75 Å². The van der Waals surface area contributed by atoms with Gasteiger partial charge in [0.25, 0.3) is 0 Å². The molecule has 120 valence electrons. The smallest absolute Gasteiger partial charge is 0.119 e. The van der Waals surface area contributed by atoms with Crippen molar-refractivity contribution in [3.63, 3.8) is 0 Å². The van der Waals surface area contributed by atoms with E-state index in [-0.39, 0.29) is 0 Å². The summed E-state index contributed by atoms with van der Waals surface area (Å²) in [5.74, 6) is 0.474. The molecule has 1 heteroatoms. The van der Waals surface area contributed by atoms with Crippen LogP contribution in [0.4, 0.5) is 0 Å². The summed E-state index contributed by atoms with van der Waals surface area (Å²) >= 11 is 0. The Kier molecular flexibility index (Phi) is 10.0. The minimum Gasteiger partial charge on any atom is -0.508 e. The fraction of sp³-hybridized carbons (Fsp3) is 0.700. The largest absolute Gasteiger partial charge is 0.508 e. The average Bonchev–Trinajstić information content (AvgIpc) is 2.49. The highest BCUT2D eigenvalue weighted by molar-refractivity contribution is 5.39. The third-order valence-corrected chi connectivity index (χ3v) is 4.40. The zero-order valence-corrected chi connectivity index (χ0v) is 14.2. The monoisotopic (exact) mass is 290 g/mol. The van der Waals surface area contributed by atoms with Gasteiger partial charge in [-0.25, -0.2) is 0 Å². The maximum absolute atomic E-state index is 9.85. The van der Waals surface area contributed by atoms with E-state index in [1.807, 2.05) is 6.07 Å². The molecule has 0 aliphatic heterocycles. The van der Waals surface area contributed by atoms with Crippen molar-refractivity contribution in [3.8, 4) is 5.75 Å². The fourth-order valence-corrected chi connectivity index (χ4v) is 3.07. The van der Waals surface area contributed by atoms with Crippen molar-refractivity contribution in [3.05, 3.63) is 29.3 Å². The summed E-state index contributed by atoms with van der Waals surface area (Å²) in [6, 6.07) is 5.95. The maximum atomic E-state index is 9.85. The molecular formula is C20H34O. The fourth-order valence-electron chi connectivity index (χ4n) is 3.07. The van der Waals surface area contributed by atoms with Crippen LogP contribution in [-0.4, -0.2) is 5.11 Å². The zero-order chi connectivity index (χ0) is 15.3. The quantitative estimate of drug-likeness (QED) is 0.440. The summed E-state index contributed by atoms with van der Waals surface area (Å²) in [5, 5.41) is 9.85. The molecule has 0 aliphatic carbocycles. The number of benzene rings is 1. The Morgan fingerprint density at radius 2 is 1.33 bits per heavy atom. The molecule has 0 spiro atoms. The molecule has 0 atom stereocenters. The van der Waals surface area contributed by atoms with Gasteiger partial charge >= 0.3 is 0 Å². The van der Waals surface area contributed by atoms with Crippen molar-refractivity contribution in [1.82, 2.24) is 0 Å². The van der Waals surface area contributed by atoms with E-state index in [4.69, 9.17) is 0 Å². The van der Waals surface area contributed by atoms with Crippen molar-refractivity contribution >= 4 is 0 Å². The van der Waals surface area contributed by atoms with Crippen molar-refractivity contribution in [2.75, 3.05) is 0 Å². The summed E-state index contributed by atoms with van der Waals surface area (Å²) < 4.78 is 0. The van der Waals surface area contributed by atoms with Crippen molar-refractivity contribution < 1.29 is 5.11 Å². The molecule has 0 heterocycles. The first-order valence-electron chi connectivity index (χ1n) is 9.09. The van der Waals surface area contributed by atoms with Gasteiger partial charge < -0.3 is 5.11 Å². The van der Waals surface area contributed by atoms with Crippen LogP contribution in [0.3, 0.4) is 0 Å². The van der Waals surface area contributed by atoms with E-state index in [0.717, 1.165) is 18.4 Å². The predicted molar refractivity (Wildman–Crippen MR) is 93.0 cm³/mol. The van der Waals surface area contributed by atoms with Crippen LogP contribution < -0.4 is 0 Å². The highest BCUT2D eigenvalue weighted by Gasteiger charge is 2.05. The van der Waals surface area contributed by atoms with Crippen LogP contribution in [-0.2, 0) is 12.8 Å². The maximum Gasteiger partial charge on any atom is 0.119 e. The van der Waals surface area contributed by atoms with Crippen LogP contribution in [0, 0.1) is 0 Å². The number of unbranched alkanes of at least 4 members (excludes halogenated alkanes) is 9. The molecule has 1 nitrogen and oxygen atoms in total. The Labute approximate surface area is 131 Å². The Balaban J connectivity index is 2.06. The lowest BCUT2D eigenvalue weighted by Gasteiger charge is -2.09. The van der Waals surface area contributed by atoms with E-state index in [9.17, 15) is 5.11 Å². The minimum absolute atomic E-state index is 0.474. The van der Waals surface area contributed by atoms with Gasteiger partial charge in [-0.2, -0.15) is 0 Å². The number of hydrogen-bond acceptors (Lipinski definition) is 1. The number of phenolic OH excluding ortho intramolecular Hbond substituents is 1. The molecule has 0 bridgehead atoms. The molecule has 0 saturated carbocycles. The first-order valence-corrected chi connectivity index (χ1v) is 9.09. The molecule has 0 radical (unpaired) electrons. The molecule has 21 heavy (non-hydrogen) atoms. The molecule has 1 aromatic carbocycles. The van der Waals surface area contributed by atoms with E-state index in [1.165, 1.54) is 69.8 Å². The van der Waals surface area contributed by atoms with Gasteiger partial charge in [0.1, 0.15) is 5.75 Å². The number of aryl methyl sites for hydroxylation is 1. The topological polar surface area (TPSA) is 20.2 Å². The van der Waals surface area contributed by atoms with Crippen molar-refractivity contribution in [2.45, 2.75) is 90.9 Å². The number of phenols is 1. The predicted octanol–water partition coefficient (Wildman–Crippen LogP) is 6.42. The van der Waals surface area contributed by atoms with Gasteiger partial charge in [0.2, 0.25) is 0 Å². The first-order chi connectivity index (χ1) is 10.3. The summed E-state index contributed by atoms with van der Waals surface area (Å²) in [7, 11) is 0. The lowest BCUT2D eigenvalue weighted by Crippen LogP contribution is -1.94. The van der Waals surface area contributed by atoms with Crippen LogP contribution in [0.2, 0.25) is 0 Å². The van der Waals surface area contributed by atoms with Gasteiger partial charge in [-0.15, -0.1) is 0 Å². The molecule has 0 aliphatic rings. The van der Waals surface area contributed by atoms with Crippen LogP contribution in [0.1, 0.15) is 89.2 Å². The Bertz CT molecular complexity index is 370. The van der Waals surface area contributed by atoms with Crippen LogP contribution in [0.5, 0.6) is 5.75 Å². The van der Waals surface area contributed by atoms with Gasteiger partial charge in [0, 0.05) is 0 Å². The van der Waals surface area contributed by atoms with Gasteiger partial charge in [0.15, 0.2) is 0 Å². The molecular weight excluding hydrogens is 256 g/mol. The lowest BCUT2D eigenvalue weighted by atomic mass is 9.98. The second-order valence-electron chi connectivity index (χ2n) is 6.20. The molecule has 1 rings (SSSR count).